The Labute approximate surface area is 159 Å². The Morgan fingerprint density at radius 1 is 0.889 bits per heavy atom. The minimum absolute atomic E-state index is 0.379. The van der Waals surface area contributed by atoms with Crippen LogP contribution < -0.4 is 10.1 Å². The molecule has 0 saturated heterocycles. The first-order valence-electron chi connectivity index (χ1n) is 8.88. The van der Waals surface area contributed by atoms with Gasteiger partial charge in [0.05, 0.1) is 7.11 Å². The van der Waals surface area contributed by atoms with Crippen LogP contribution in [0.3, 0.4) is 0 Å². The van der Waals surface area contributed by atoms with Gasteiger partial charge in [0.1, 0.15) is 11.7 Å². The predicted octanol–water partition coefficient (Wildman–Crippen LogP) is 4.39. The monoisotopic (exact) mass is 361 g/mol. The van der Waals surface area contributed by atoms with Crippen LogP contribution in [0.15, 0.2) is 84.9 Å². The van der Waals surface area contributed by atoms with Crippen LogP contribution in [-0.4, -0.2) is 18.2 Å². The van der Waals surface area contributed by atoms with Crippen molar-refractivity contribution >= 4 is 5.97 Å². The zero-order valence-corrected chi connectivity index (χ0v) is 15.2. The summed E-state index contributed by atoms with van der Waals surface area (Å²) in [6, 6.07) is 26.5. The third-order valence-electron chi connectivity index (χ3n) is 4.60. The summed E-state index contributed by atoms with van der Waals surface area (Å²) in [6.45, 7) is 0.578. The minimum Gasteiger partial charge on any atom is -0.497 e. The zero-order chi connectivity index (χ0) is 19.1. The maximum Gasteiger partial charge on any atom is 0.312 e. The van der Waals surface area contributed by atoms with Gasteiger partial charge in [-0.1, -0.05) is 72.8 Å². The van der Waals surface area contributed by atoms with E-state index in [4.69, 9.17) is 4.74 Å². The van der Waals surface area contributed by atoms with E-state index in [0.717, 1.165) is 22.4 Å². The van der Waals surface area contributed by atoms with Gasteiger partial charge in [0.15, 0.2) is 0 Å². The fourth-order valence-electron chi connectivity index (χ4n) is 3.20. The van der Waals surface area contributed by atoms with Crippen LogP contribution in [0.25, 0.3) is 0 Å². The van der Waals surface area contributed by atoms with Crippen molar-refractivity contribution in [3.8, 4) is 5.75 Å². The molecule has 3 rings (SSSR count). The Hall–Kier alpha value is -3.11. The Morgan fingerprint density at radius 2 is 1.48 bits per heavy atom. The normalized spacial score (nSPS) is 12.9. The van der Waals surface area contributed by atoms with E-state index in [9.17, 15) is 9.90 Å². The molecular formula is C23H23NO3. The molecule has 2 atom stereocenters. The second kappa shape index (κ2) is 9.01. The number of rotatable bonds is 8. The van der Waals surface area contributed by atoms with E-state index >= 15 is 0 Å². The van der Waals surface area contributed by atoms with Crippen LogP contribution in [0, 0.1) is 0 Å². The number of ether oxygens (including phenoxy) is 1. The van der Waals surface area contributed by atoms with Gasteiger partial charge in [0, 0.05) is 12.6 Å². The van der Waals surface area contributed by atoms with Crippen molar-refractivity contribution in [1.82, 2.24) is 5.32 Å². The molecule has 0 spiro atoms. The van der Waals surface area contributed by atoms with Crippen molar-refractivity contribution < 1.29 is 14.6 Å². The topological polar surface area (TPSA) is 58.6 Å². The van der Waals surface area contributed by atoms with Crippen molar-refractivity contribution in [2.24, 2.45) is 0 Å². The second-order valence-corrected chi connectivity index (χ2v) is 6.34. The highest BCUT2D eigenvalue weighted by Gasteiger charge is 2.30. The average Bonchev–Trinajstić information content (AvgIpc) is 2.72. The third-order valence-corrected chi connectivity index (χ3v) is 4.60. The summed E-state index contributed by atoms with van der Waals surface area (Å²) in [5.74, 6) is -0.821. The van der Waals surface area contributed by atoms with Crippen LogP contribution in [0.2, 0.25) is 0 Å². The largest absolute Gasteiger partial charge is 0.497 e. The van der Waals surface area contributed by atoms with Crippen molar-refractivity contribution in [3.63, 3.8) is 0 Å². The lowest BCUT2D eigenvalue weighted by molar-refractivity contribution is -0.139. The van der Waals surface area contributed by atoms with Gasteiger partial charge >= 0.3 is 5.97 Å². The summed E-state index contributed by atoms with van der Waals surface area (Å²) in [4.78, 5) is 12.2. The molecule has 0 aliphatic carbocycles. The number of carbonyl (C=O) groups is 1. The molecule has 0 aromatic heterocycles. The summed E-state index contributed by atoms with van der Waals surface area (Å²) in [5, 5.41) is 13.4. The number of nitrogens with one attached hydrogen (secondary N) is 1. The molecule has 0 bridgehead atoms. The van der Waals surface area contributed by atoms with Crippen molar-refractivity contribution in [2.45, 2.75) is 18.5 Å². The molecule has 0 amide bonds. The molecule has 4 heteroatoms. The van der Waals surface area contributed by atoms with E-state index in [-0.39, 0.29) is 6.04 Å². The third kappa shape index (κ3) is 4.74. The standard InChI is InChI=1S/C23H23NO3/c1-27-20-14-12-19(13-15-20)22(24-16-17-8-4-2-5-9-17)21(23(25)26)18-10-6-3-7-11-18/h2-15,21-22,24H,16H2,1H3,(H,25,26). The number of carboxylic acids is 1. The summed E-state index contributed by atoms with van der Waals surface area (Å²) in [7, 11) is 1.62. The van der Waals surface area contributed by atoms with Gasteiger partial charge in [-0.3, -0.25) is 4.79 Å². The van der Waals surface area contributed by atoms with Gasteiger partial charge in [-0.25, -0.2) is 0 Å². The smallest absolute Gasteiger partial charge is 0.312 e. The predicted molar refractivity (Wildman–Crippen MR) is 106 cm³/mol. The van der Waals surface area contributed by atoms with E-state index in [2.05, 4.69) is 5.32 Å². The van der Waals surface area contributed by atoms with E-state index in [0.29, 0.717) is 6.54 Å². The highest BCUT2D eigenvalue weighted by Crippen LogP contribution is 2.32. The molecular weight excluding hydrogens is 338 g/mol. The Kier molecular flexibility index (Phi) is 6.23. The van der Waals surface area contributed by atoms with Crippen molar-refractivity contribution in [3.05, 3.63) is 102 Å². The number of methoxy groups -OCH3 is 1. The maximum atomic E-state index is 12.2. The number of hydrogen-bond donors (Lipinski definition) is 2. The molecule has 2 unspecified atom stereocenters. The van der Waals surface area contributed by atoms with E-state index in [1.807, 2.05) is 84.9 Å². The Morgan fingerprint density at radius 3 is 2.04 bits per heavy atom. The highest BCUT2D eigenvalue weighted by molar-refractivity contribution is 5.77. The van der Waals surface area contributed by atoms with Gasteiger partial charge in [0.2, 0.25) is 0 Å². The van der Waals surface area contributed by atoms with Gasteiger partial charge in [-0.2, -0.15) is 0 Å². The van der Waals surface area contributed by atoms with Gasteiger partial charge in [0.25, 0.3) is 0 Å². The molecule has 0 saturated carbocycles. The Balaban J connectivity index is 1.95. The van der Waals surface area contributed by atoms with Crippen LogP contribution in [-0.2, 0) is 11.3 Å². The van der Waals surface area contributed by atoms with Gasteiger partial charge in [-0.15, -0.1) is 0 Å². The van der Waals surface area contributed by atoms with Gasteiger partial charge in [-0.05, 0) is 28.8 Å². The molecule has 2 N–H and O–H groups in total. The summed E-state index contributed by atoms with van der Waals surface area (Å²) >= 11 is 0. The molecule has 0 aliphatic rings. The lowest BCUT2D eigenvalue weighted by atomic mass is 9.86. The van der Waals surface area contributed by atoms with E-state index < -0.39 is 11.9 Å². The van der Waals surface area contributed by atoms with Crippen LogP contribution in [0.4, 0.5) is 0 Å². The van der Waals surface area contributed by atoms with Crippen LogP contribution in [0.1, 0.15) is 28.7 Å². The average molecular weight is 361 g/mol. The lowest BCUT2D eigenvalue weighted by Gasteiger charge is -2.26. The summed E-state index contributed by atoms with van der Waals surface area (Å²) < 4.78 is 5.23. The SMILES string of the molecule is COc1ccc(C(NCc2ccccc2)C(C(=O)O)c2ccccc2)cc1. The lowest BCUT2D eigenvalue weighted by Crippen LogP contribution is -2.31. The highest BCUT2D eigenvalue weighted by atomic mass is 16.5. The molecule has 0 radical (unpaired) electrons. The fourth-order valence-corrected chi connectivity index (χ4v) is 3.20. The molecule has 27 heavy (non-hydrogen) atoms. The van der Waals surface area contributed by atoms with E-state index in [1.54, 1.807) is 7.11 Å². The number of carboxylic acid groups (broad SMARTS) is 1. The van der Waals surface area contributed by atoms with Crippen molar-refractivity contribution in [1.29, 1.82) is 0 Å². The first-order valence-corrected chi connectivity index (χ1v) is 8.88. The van der Waals surface area contributed by atoms with Gasteiger partial charge < -0.3 is 15.2 Å². The number of hydrogen-bond acceptors (Lipinski definition) is 3. The zero-order valence-electron chi connectivity index (χ0n) is 15.2. The number of aliphatic carboxylic acids is 1. The molecule has 0 fully saturated rings. The van der Waals surface area contributed by atoms with Crippen molar-refractivity contribution in [2.75, 3.05) is 7.11 Å². The van der Waals surface area contributed by atoms with E-state index in [1.165, 1.54) is 0 Å². The first kappa shape index (κ1) is 18.7. The quantitative estimate of drug-likeness (QED) is 0.625. The molecule has 3 aromatic carbocycles. The van der Waals surface area contributed by atoms with Crippen LogP contribution >= 0.6 is 0 Å². The summed E-state index contributed by atoms with van der Waals surface area (Å²) in [5.41, 5.74) is 2.78. The molecule has 3 aromatic rings. The van der Waals surface area contributed by atoms with Crippen LogP contribution in [0.5, 0.6) is 5.75 Å². The fraction of sp³-hybridized carbons (Fsp3) is 0.174. The Bertz CT molecular complexity index is 848. The maximum absolute atomic E-state index is 12.2. The molecule has 0 aliphatic heterocycles. The molecule has 4 nitrogen and oxygen atoms in total. The number of benzene rings is 3. The first-order chi connectivity index (χ1) is 13.2. The molecule has 138 valence electrons. The summed E-state index contributed by atoms with van der Waals surface area (Å²) in [6.07, 6.45) is 0. The minimum atomic E-state index is -0.859. The second-order valence-electron chi connectivity index (χ2n) is 6.34. The molecule has 0 heterocycles.